The van der Waals surface area contributed by atoms with Crippen molar-refractivity contribution in [1.82, 2.24) is 10.2 Å². The number of Topliss-reactive ketones (excluding diaryl/α,β-unsaturated/α-hetero) is 1. The Balaban J connectivity index is 0.00000210. The summed E-state index contributed by atoms with van der Waals surface area (Å²) in [5, 5.41) is 3.00. The normalized spacial score (nSPS) is 29.5. The van der Waals surface area contributed by atoms with Gasteiger partial charge < -0.3 is 15.0 Å². The maximum Gasteiger partial charge on any atom is 0.221 e. The molecule has 0 radical (unpaired) electrons. The number of ketones is 1. The quantitative estimate of drug-likeness (QED) is 0.855. The summed E-state index contributed by atoms with van der Waals surface area (Å²) in [6, 6.07) is 5.64. The minimum Gasteiger partial charge on any atom is -0.487 e. The van der Waals surface area contributed by atoms with Gasteiger partial charge in [0.05, 0.1) is 0 Å². The molecule has 27 heavy (non-hydrogen) atoms. The number of likely N-dealkylation sites (tertiary alicyclic amines) is 1. The van der Waals surface area contributed by atoms with E-state index in [0.717, 1.165) is 31.8 Å². The summed E-state index contributed by atoms with van der Waals surface area (Å²) in [6.45, 7) is 7.17. The van der Waals surface area contributed by atoms with Gasteiger partial charge in [-0.2, -0.15) is 0 Å². The van der Waals surface area contributed by atoms with Gasteiger partial charge in [-0.15, -0.1) is 12.4 Å². The fraction of sp³-hybridized carbons (Fsp3) is 0.619. The van der Waals surface area contributed by atoms with Crippen molar-refractivity contribution < 1.29 is 14.3 Å². The zero-order valence-electron chi connectivity index (χ0n) is 16.1. The van der Waals surface area contributed by atoms with Crippen LogP contribution in [0.1, 0.15) is 50.2 Å². The third-order valence-corrected chi connectivity index (χ3v) is 6.34. The molecule has 5 nitrogen and oxygen atoms in total. The lowest BCUT2D eigenvalue weighted by molar-refractivity contribution is -0.133. The summed E-state index contributed by atoms with van der Waals surface area (Å²) < 4.78 is 6.18. The van der Waals surface area contributed by atoms with E-state index in [1.807, 2.05) is 12.1 Å². The molecular weight excluding hydrogens is 364 g/mol. The first-order valence-electron chi connectivity index (χ1n) is 9.79. The average molecular weight is 393 g/mol. The first-order valence-corrected chi connectivity index (χ1v) is 9.79. The fourth-order valence-corrected chi connectivity index (χ4v) is 4.70. The van der Waals surface area contributed by atoms with Gasteiger partial charge in [0, 0.05) is 30.4 Å². The van der Waals surface area contributed by atoms with Crippen LogP contribution in [0, 0.1) is 6.92 Å². The van der Waals surface area contributed by atoms with Crippen LogP contribution in [0.15, 0.2) is 18.2 Å². The molecule has 0 bridgehead atoms. The maximum atomic E-state index is 12.6. The summed E-state index contributed by atoms with van der Waals surface area (Å²) in [4.78, 5) is 27.4. The summed E-state index contributed by atoms with van der Waals surface area (Å²) in [5.41, 5.74) is 2.14. The Kier molecular flexibility index (Phi) is 5.82. The zero-order valence-corrected chi connectivity index (χ0v) is 16.9. The fourth-order valence-electron chi connectivity index (χ4n) is 4.70. The Morgan fingerprint density at radius 1 is 1.33 bits per heavy atom. The van der Waals surface area contributed by atoms with E-state index in [-0.39, 0.29) is 35.6 Å². The van der Waals surface area contributed by atoms with E-state index in [1.165, 1.54) is 24.0 Å². The summed E-state index contributed by atoms with van der Waals surface area (Å²) in [5.74, 6) is 0.899. The second-order valence-electron chi connectivity index (χ2n) is 8.27. The lowest BCUT2D eigenvalue weighted by atomic mass is 9.67. The number of hydrogen-bond donors (Lipinski definition) is 1. The van der Waals surface area contributed by atoms with Crippen LogP contribution in [0.2, 0.25) is 0 Å². The summed E-state index contributed by atoms with van der Waals surface area (Å²) >= 11 is 0. The molecule has 2 heterocycles. The number of hydrogen-bond acceptors (Lipinski definition) is 4. The topological polar surface area (TPSA) is 58.6 Å². The third kappa shape index (κ3) is 3.72. The van der Waals surface area contributed by atoms with Crippen molar-refractivity contribution >= 4 is 24.1 Å². The van der Waals surface area contributed by atoms with Gasteiger partial charge in [0.1, 0.15) is 17.9 Å². The lowest BCUT2D eigenvalue weighted by Gasteiger charge is -2.39. The number of amides is 1. The molecule has 0 aromatic heterocycles. The van der Waals surface area contributed by atoms with Gasteiger partial charge in [-0.3, -0.25) is 9.59 Å². The van der Waals surface area contributed by atoms with Crippen LogP contribution in [-0.4, -0.2) is 48.4 Å². The van der Waals surface area contributed by atoms with Crippen LogP contribution in [-0.2, 0) is 15.0 Å². The molecule has 0 unspecified atom stereocenters. The van der Waals surface area contributed by atoms with Crippen LogP contribution >= 0.6 is 12.4 Å². The highest BCUT2D eigenvalue weighted by Gasteiger charge is 2.54. The molecule has 1 aromatic rings. The van der Waals surface area contributed by atoms with Crippen molar-refractivity contribution in [3.05, 3.63) is 29.3 Å². The van der Waals surface area contributed by atoms with E-state index in [9.17, 15) is 9.59 Å². The van der Waals surface area contributed by atoms with E-state index in [4.69, 9.17) is 4.74 Å². The molecule has 1 saturated heterocycles. The molecule has 6 heteroatoms. The zero-order chi connectivity index (χ0) is 18.3. The third-order valence-electron chi connectivity index (χ3n) is 6.34. The highest BCUT2D eigenvalue weighted by atomic mass is 35.5. The van der Waals surface area contributed by atoms with Gasteiger partial charge in [0.25, 0.3) is 0 Å². The Morgan fingerprint density at radius 3 is 2.81 bits per heavy atom. The van der Waals surface area contributed by atoms with E-state index >= 15 is 0 Å². The van der Waals surface area contributed by atoms with Crippen LogP contribution in [0.5, 0.6) is 5.75 Å². The molecule has 1 N–H and O–H groups in total. The minimum atomic E-state index is -0.549. The largest absolute Gasteiger partial charge is 0.487 e. The van der Waals surface area contributed by atoms with E-state index in [1.54, 1.807) is 0 Å². The van der Waals surface area contributed by atoms with E-state index in [2.05, 4.69) is 30.1 Å². The van der Waals surface area contributed by atoms with Crippen molar-refractivity contribution in [2.24, 2.45) is 0 Å². The minimum absolute atomic E-state index is 0. The second kappa shape index (κ2) is 7.80. The number of carbonyl (C=O) groups excluding carboxylic acids is 2. The van der Waals surface area contributed by atoms with Crippen molar-refractivity contribution in [2.75, 3.05) is 19.6 Å². The Labute approximate surface area is 167 Å². The number of nitrogens with zero attached hydrogens (tertiary/aromatic N) is 1. The first kappa shape index (κ1) is 20.2. The standard InChI is InChI=1S/C21H28N2O3.ClH/c1-14-5-6-17-15(13-14)21(2)9-7-16(24)19(20(21)26-17)22-18(25)8-12-23-10-3-4-11-23;/h5-6,13,19-20H,3-4,7-12H2,1-2H3,(H,22,25);1H/t19-,20-,21-;/m0./s1. The number of carbonyl (C=O) groups is 2. The second-order valence-corrected chi connectivity index (χ2v) is 8.27. The predicted octanol–water partition coefficient (Wildman–Crippen LogP) is 2.77. The molecule has 148 valence electrons. The Hall–Kier alpha value is -1.59. The Bertz CT molecular complexity index is 732. The molecule has 1 saturated carbocycles. The summed E-state index contributed by atoms with van der Waals surface area (Å²) in [6.07, 6.45) is 3.83. The molecule has 2 fully saturated rings. The monoisotopic (exact) mass is 392 g/mol. The lowest BCUT2D eigenvalue weighted by Crippen LogP contribution is -2.59. The molecule has 3 atom stereocenters. The van der Waals surface area contributed by atoms with E-state index in [0.29, 0.717) is 12.8 Å². The summed E-state index contributed by atoms with van der Waals surface area (Å²) in [7, 11) is 0. The van der Waals surface area contributed by atoms with Gasteiger partial charge in [-0.25, -0.2) is 0 Å². The number of aryl methyl sites for hydroxylation is 1. The van der Waals surface area contributed by atoms with Gasteiger partial charge >= 0.3 is 0 Å². The number of benzene rings is 1. The number of fused-ring (bicyclic) bond motifs is 3. The van der Waals surface area contributed by atoms with Crippen molar-refractivity contribution in [2.45, 2.75) is 63.5 Å². The van der Waals surface area contributed by atoms with Crippen molar-refractivity contribution in [1.29, 1.82) is 0 Å². The van der Waals surface area contributed by atoms with Gasteiger partial charge in [0.2, 0.25) is 5.91 Å². The first-order chi connectivity index (χ1) is 12.5. The molecule has 1 aromatic carbocycles. The molecule has 0 spiro atoms. The van der Waals surface area contributed by atoms with Crippen molar-refractivity contribution in [3.8, 4) is 5.75 Å². The molecule has 1 amide bonds. The predicted molar refractivity (Wildman–Crippen MR) is 107 cm³/mol. The molecule has 4 rings (SSSR count). The molecular formula is C21H29ClN2O3. The van der Waals surface area contributed by atoms with E-state index < -0.39 is 6.04 Å². The van der Waals surface area contributed by atoms with Crippen LogP contribution in [0.25, 0.3) is 0 Å². The maximum absolute atomic E-state index is 12.6. The Morgan fingerprint density at radius 2 is 2.07 bits per heavy atom. The van der Waals surface area contributed by atoms with Gasteiger partial charge in [-0.05, 0) is 45.3 Å². The highest BCUT2D eigenvalue weighted by Crippen LogP contribution is 2.49. The highest BCUT2D eigenvalue weighted by molar-refractivity contribution is 5.91. The molecule has 3 aliphatic rings. The van der Waals surface area contributed by atoms with Crippen LogP contribution in [0.3, 0.4) is 0 Å². The average Bonchev–Trinajstić information content (AvgIpc) is 3.23. The van der Waals surface area contributed by atoms with Crippen LogP contribution < -0.4 is 10.1 Å². The smallest absolute Gasteiger partial charge is 0.221 e. The van der Waals surface area contributed by atoms with Gasteiger partial charge in [-0.1, -0.05) is 24.6 Å². The number of halogens is 1. The number of ether oxygens (including phenoxy) is 1. The molecule has 1 aliphatic carbocycles. The van der Waals surface area contributed by atoms with Gasteiger partial charge in [0.15, 0.2) is 5.78 Å². The van der Waals surface area contributed by atoms with Crippen molar-refractivity contribution in [3.63, 3.8) is 0 Å². The number of rotatable bonds is 4. The SMILES string of the molecule is Cc1ccc2c(c1)[C@]1(C)CCC(=O)[C@H](NC(=O)CCN3CCCC3)[C@@H]1O2.Cl. The number of nitrogens with one attached hydrogen (secondary N) is 1. The molecule has 2 aliphatic heterocycles. The van der Waals surface area contributed by atoms with Crippen LogP contribution in [0.4, 0.5) is 0 Å².